The molecule has 32 heavy (non-hydrogen) atoms. The number of benzene rings is 3. The molecular weight excluding hydrogens is 503 g/mol. The lowest BCUT2D eigenvalue weighted by atomic mass is 10.0. The van der Waals surface area contributed by atoms with Crippen molar-refractivity contribution in [3.63, 3.8) is 0 Å². The van der Waals surface area contributed by atoms with Gasteiger partial charge in [-0.3, -0.25) is 4.57 Å². The number of phenols is 1. The monoisotopic (exact) mass is 521 g/mol. The molecule has 166 valence electrons. The zero-order chi connectivity index (χ0) is 23.1. The fraction of sp³-hybridized carbons (Fsp3) is 0.130. The van der Waals surface area contributed by atoms with Gasteiger partial charge in [-0.2, -0.15) is 8.78 Å². The average molecular weight is 522 g/mol. The van der Waals surface area contributed by atoms with Gasteiger partial charge in [0.05, 0.1) is 0 Å². The number of aromatic hydroxyl groups is 1. The summed E-state index contributed by atoms with van der Waals surface area (Å²) >= 11 is 3.03. The van der Waals surface area contributed by atoms with E-state index >= 15 is 0 Å². The summed E-state index contributed by atoms with van der Waals surface area (Å²) in [5, 5.41) is 10.9. The first-order valence-corrected chi connectivity index (χ1v) is 12.0. The van der Waals surface area contributed by atoms with E-state index in [0.717, 1.165) is 28.1 Å². The molecule has 0 bridgehead atoms. The molecule has 0 saturated carbocycles. The predicted octanol–water partition coefficient (Wildman–Crippen LogP) is 5.98. The number of aromatic nitrogens is 1. The molecule has 1 aromatic heterocycles. The summed E-state index contributed by atoms with van der Waals surface area (Å²) < 4.78 is 41.3. The van der Waals surface area contributed by atoms with Gasteiger partial charge in [0.15, 0.2) is 0 Å². The van der Waals surface area contributed by atoms with Crippen molar-refractivity contribution in [3.8, 4) is 5.75 Å². The minimum absolute atomic E-state index is 0.0815. The van der Waals surface area contributed by atoms with E-state index < -0.39 is 18.8 Å². The number of alkyl halides is 2. The fourth-order valence-electron chi connectivity index (χ4n) is 3.70. The molecule has 0 aliphatic carbocycles. The van der Waals surface area contributed by atoms with Crippen LogP contribution < -0.4 is 0 Å². The lowest BCUT2D eigenvalue weighted by Crippen LogP contribution is -2.14. The summed E-state index contributed by atoms with van der Waals surface area (Å²) in [6, 6.07) is 18.9. The maximum Gasteiger partial charge on any atom is 0.399 e. The van der Waals surface area contributed by atoms with Gasteiger partial charge < -0.3 is 19.5 Å². The summed E-state index contributed by atoms with van der Waals surface area (Å²) in [6.45, 7) is 0.344. The highest BCUT2D eigenvalue weighted by Gasteiger charge is 2.51. The zero-order valence-corrected chi connectivity index (χ0v) is 19.1. The Morgan fingerprint density at radius 3 is 2.34 bits per heavy atom. The minimum Gasteiger partial charge on any atom is -0.508 e. The van der Waals surface area contributed by atoms with Crippen LogP contribution in [0.3, 0.4) is 0 Å². The predicted molar refractivity (Wildman–Crippen MR) is 122 cm³/mol. The molecule has 0 amide bonds. The molecule has 9 heteroatoms. The van der Waals surface area contributed by atoms with Gasteiger partial charge >= 0.3 is 13.3 Å². The molecule has 0 aliphatic rings. The molecular formula is C23H19BrF2NO4P. The Hall–Kier alpha value is -2.51. The van der Waals surface area contributed by atoms with Gasteiger partial charge in [0, 0.05) is 33.7 Å². The number of rotatable bonds is 6. The van der Waals surface area contributed by atoms with E-state index in [-0.39, 0.29) is 10.2 Å². The second kappa shape index (κ2) is 8.45. The second-order valence-electron chi connectivity index (χ2n) is 7.55. The van der Waals surface area contributed by atoms with Gasteiger partial charge in [0.2, 0.25) is 0 Å². The van der Waals surface area contributed by atoms with Gasteiger partial charge in [-0.05, 0) is 47.4 Å². The van der Waals surface area contributed by atoms with Crippen LogP contribution in [0.4, 0.5) is 8.78 Å². The van der Waals surface area contributed by atoms with E-state index in [2.05, 4.69) is 15.9 Å². The van der Waals surface area contributed by atoms with E-state index in [1.807, 2.05) is 41.1 Å². The van der Waals surface area contributed by atoms with Crippen LogP contribution >= 0.6 is 23.5 Å². The van der Waals surface area contributed by atoms with Crippen molar-refractivity contribution in [3.05, 3.63) is 99.7 Å². The van der Waals surface area contributed by atoms with Crippen LogP contribution in [-0.2, 0) is 23.2 Å². The number of nitrogens with zero attached hydrogens (tertiary/aromatic N) is 1. The van der Waals surface area contributed by atoms with E-state index in [1.165, 1.54) is 12.1 Å². The summed E-state index contributed by atoms with van der Waals surface area (Å²) in [7, 11) is -5.66. The first-order valence-electron chi connectivity index (χ1n) is 9.63. The van der Waals surface area contributed by atoms with Crippen molar-refractivity contribution in [2.45, 2.75) is 18.6 Å². The summed E-state index contributed by atoms with van der Waals surface area (Å²) in [6.07, 6.45) is 2.62. The number of halogens is 3. The van der Waals surface area contributed by atoms with Crippen LogP contribution in [-0.4, -0.2) is 19.5 Å². The first-order chi connectivity index (χ1) is 15.1. The second-order valence-corrected chi connectivity index (χ2v) is 10.0. The lowest BCUT2D eigenvalue weighted by molar-refractivity contribution is 0.0557. The molecule has 0 unspecified atom stereocenters. The normalized spacial score (nSPS) is 12.4. The third-order valence-corrected chi connectivity index (χ3v) is 6.89. The topological polar surface area (TPSA) is 82.7 Å². The molecule has 0 fully saturated rings. The van der Waals surface area contributed by atoms with Crippen LogP contribution in [0.1, 0.15) is 22.3 Å². The van der Waals surface area contributed by atoms with Gasteiger partial charge in [-0.1, -0.05) is 58.4 Å². The maximum absolute atomic E-state index is 14.1. The van der Waals surface area contributed by atoms with Gasteiger partial charge in [0.25, 0.3) is 0 Å². The molecule has 0 spiro atoms. The Morgan fingerprint density at radius 1 is 0.969 bits per heavy atom. The maximum atomic E-state index is 14.1. The van der Waals surface area contributed by atoms with Gasteiger partial charge in [-0.15, -0.1) is 0 Å². The van der Waals surface area contributed by atoms with E-state index in [4.69, 9.17) is 9.79 Å². The van der Waals surface area contributed by atoms with Crippen molar-refractivity contribution in [2.75, 3.05) is 0 Å². The number of hydrogen-bond acceptors (Lipinski definition) is 2. The molecule has 0 aliphatic heterocycles. The highest BCUT2D eigenvalue weighted by atomic mass is 79.9. The van der Waals surface area contributed by atoms with Crippen molar-refractivity contribution < 1.29 is 28.2 Å². The van der Waals surface area contributed by atoms with E-state index in [0.29, 0.717) is 18.5 Å². The Morgan fingerprint density at radius 2 is 1.69 bits per heavy atom. The molecule has 4 rings (SSSR count). The van der Waals surface area contributed by atoms with Crippen LogP contribution in [0, 0.1) is 0 Å². The standard InChI is InChI=1S/C23H19BrF2NO4P/c24-21-11-16(6-8-20(21)23(25,26)32(29,30)31)13-27-14-17(10-15-4-2-1-3-5-15)19-12-18(28)7-9-22(19)27/h1-9,11-12,14,28H,10,13H2,(H2,29,30,31). The average Bonchev–Trinajstić information content (AvgIpc) is 3.04. The highest BCUT2D eigenvalue weighted by Crippen LogP contribution is 2.60. The molecule has 0 saturated heterocycles. The lowest BCUT2D eigenvalue weighted by Gasteiger charge is -2.19. The van der Waals surface area contributed by atoms with Crippen LogP contribution in [0.2, 0.25) is 0 Å². The molecule has 4 aromatic rings. The number of hydrogen-bond donors (Lipinski definition) is 3. The molecule has 1 heterocycles. The van der Waals surface area contributed by atoms with Crippen LogP contribution in [0.25, 0.3) is 10.9 Å². The third-order valence-electron chi connectivity index (χ3n) is 5.26. The van der Waals surface area contributed by atoms with Gasteiger partial charge in [0.1, 0.15) is 5.75 Å². The molecule has 5 nitrogen and oxygen atoms in total. The molecule has 3 aromatic carbocycles. The van der Waals surface area contributed by atoms with Crippen LogP contribution in [0.5, 0.6) is 5.75 Å². The zero-order valence-electron chi connectivity index (χ0n) is 16.6. The van der Waals surface area contributed by atoms with E-state index in [1.54, 1.807) is 18.2 Å². The largest absolute Gasteiger partial charge is 0.508 e. The van der Waals surface area contributed by atoms with Gasteiger partial charge in [-0.25, -0.2) is 0 Å². The van der Waals surface area contributed by atoms with Crippen molar-refractivity contribution in [1.29, 1.82) is 0 Å². The number of fused-ring (bicyclic) bond motifs is 1. The number of phenolic OH excluding ortho intramolecular Hbond substituents is 1. The fourth-order valence-corrected chi connectivity index (χ4v) is 5.04. The minimum atomic E-state index is -5.66. The van der Waals surface area contributed by atoms with Crippen molar-refractivity contribution in [2.24, 2.45) is 0 Å². The SMILES string of the molecule is O=P(O)(O)C(F)(F)c1ccc(Cn2cc(Cc3ccccc3)c3cc(O)ccc32)cc1Br. The van der Waals surface area contributed by atoms with Crippen molar-refractivity contribution in [1.82, 2.24) is 4.57 Å². The smallest absolute Gasteiger partial charge is 0.399 e. The highest BCUT2D eigenvalue weighted by molar-refractivity contribution is 9.10. The molecule has 0 radical (unpaired) electrons. The van der Waals surface area contributed by atoms with Crippen molar-refractivity contribution >= 4 is 34.4 Å². The van der Waals surface area contributed by atoms with E-state index in [9.17, 15) is 18.5 Å². The summed E-state index contributed by atoms with van der Waals surface area (Å²) in [5.74, 6) is 0.149. The first kappa shape index (κ1) is 22.7. The summed E-state index contributed by atoms with van der Waals surface area (Å²) in [5.41, 5.74) is -1.40. The Balaban J connectivity index is 1.71. The third kappa shape index (κ3) is 4.36. The van der Waals surface area contributed by atoms with Crippen LogP contribution in [0.15, 0.2) is 77.4 Å². The Kier molecular flexibility index (Phi) is 5.98. The summed E-state index contributed by atoms with van der Waals surface area (Å²) in [4.78, 5) is 18.0. The Labute approximate surface area is 191 Å². The quantitative estimate of drug-likeness (QED) is 0.273. The Bertz CT molecular complexity index is 1330. The molecule has 0 atom stereocenters. The molecule has 3 N–H and O–H groups in total.